The van der Waals surface area contributed by atoms with Crippen LogP contribution in [0, 0.1) is 13.8 Å². The lowest BCUT2D eigenvalue weighted by molar-refractivity contribution is 0.584. The Kier molecular flexibility index (Phi) is 7.75. The molecule has 1 N–H and O–H groups in total. The Balaban J connectivity index is 2.09. The monoisotopic (exact) mass is 247 g/mol. The molecule has 102 valence electrons. The van der Waals surface area contributed by atoms with E-state index in [9.17, 15) is 0 Å². The third-order valence-corrected chi connectivity index (χ3v) is 3.48. The van der Waals surface area contributed by atoms with Crippen LogP contribution in [-0.4, -0.2) is 13.1 Å². The second-order valence-electron chi connectivity index (χ2n) is 5.34. The number of unbranched alkanes of at least 4 members (excludes halogenated alkanes) is 3. The summed E-state index contributed by atoms with van der Waals surface area (Å²) in [5, 5.41) is 3.46. The molecule has 1 aromatic rings. The summed E-state index contributed by atoms with van der Waals surface area (Å²) in [5.74, 6) is 0. The number of rotatable bonds is 9. The van der Waals surface area contributed by atoms with Crippen molar-refractivity contribution >= 4 is 0 Å². The first-order chi connectivity index (χ1) is 8.74. The fraction of sp³-hybridized carbons (Fsp3) is 0.647. The molecule has 0 aliphatic heterocycles. The van der Waals surface area contributed by atoms with Gasteiger partial charge in [-0.1, -0.05) is 43.5 Å². The van der Waals surface area contributed by atoms with Crippen molar-refractivity contribution in [2.24, 2.45) is 0 Å². The molecule has 0 aliphatic rings. The van der Waals surface area contributed by atoms with Gasteiger partial charge in [-0.3, -0.25) is 0 Å². The van der Waals surface area contributed by atoms with E-state index in [0.717, 1.165) is 0 Å². The maximum absolute atomic E-state index is 3.46. The van der Waals surface area contributed by atoms with Gasteiger partial charge < -0.3 is 5.32 Å². The van der Waals surface area contributed by atoms with Gasteiger partial charge >= 0.3 is 0 Å². The molecular weight excluding hydrogens is 218 g/mol. The Morgan fingerprint density at radius 1 is 0.944 bits per heavy atom. The zero-order valence-corrected chi connectivity index (χ0v) is 12.4. The van der Waals surface area contributed by atoms with Gasteiger partial charge in [-0.25, -0.2) is 0 Å². The third kappa shape index (κ3) is 6.20. The van der Waals surface area contributed by atoms with Crippen LogP contribution in [0.4, 0.5) is 0 Å². The molecular formula is C17H29N. The number of benzene rings is 1. The molecule has 0 amide bonds. The van der Waals surface area contributed by atoms with Crippen LogP contribution < -0.4 is 5.32 Å². The van der Waals surface area contributed by atoms with Crippen LogP contribution in [0.1, 0.15) is 55.7 Å². The van der Waals surface area contributed by atoms with E-state index in [2.05, 4.69) is 44.3 Å². The van der Waals surface area contributed by atoms with Crippen molar-refractivity contribution in [3.63, 3.8) is 0 Å². The molecule has 18 heavy (non-hydrogen) atoms. The lowest BCUT2D eigenvalue weighted by Crippen LogP contribution is -2.15. The minimum Gasteiger partial charge on any atom is -0.317 e. The summed E-state index contributed by atoms with van der Waals surface area (Å²) in [5.41, 5.74) is 4.38. The van der Waals surface area contributed by atoms with Gasteiger partial charge in [-0.15, -0.1) is 0 Å². The molecule has 0 bridgehead atoms. The molecule has 0 aliphatic carbocycles. The van der Waals surface area contributed by atoms with Crippen molar-refractivity contribution in [3.8, 4) is 0 Å². The quantitative estimate of drug-likeness (QED) is 0.638. The van der Waals surface area contributed by atoms with E-state index in [1.807, 2.05) is 0 Å². The molecule has 0 atom stereocenters. The molecule has 1 nitrogen and oxygen atoms in total. The lowest BCUT2D eigenvalue weighted by atomic mass is 10.00. The molecule has 1 aromatic carbocycles. The Bertz CT molecular complexity index is 330. The van der Waals surface area contributed by atoms with Crippen molar-refractivity contribution in [3.05, 3.63) is 34.9 Å². The third-order valence-electron chi connectivity index (χ3n) is 3.48. The van der Waals surface area contributed by atoms with Crippen LogP contribution in [0.5, 0.6) is 0 Å². The van der Waals surface area contributed by atoms with E-state index in [-0.39, 0.29) is 0 Å². The maximum atomic E-state index is 3.46. The van der Waals surface area contributed by atoms with Crippen molar-refractivity contribution < 1.29 is 0 Å². The first-order valence-electron chi connectivity index (χ1n) is 7.51. The average Bonchev–Trinajstić information content (AvgIpc) is 2.36. The van der Waals surface area contributed by atoms with Crippen molar-refractivity contribution in [2.45, 2.75) is 59.3 Å². The summed E-state index contributed by atoms with van der Waals surface area (Å²) in [6.45, 7) is 8.99. The van der Waals surface area contributed by atoms with Crippen LogP contribution in [0.3, 0.4) is 0 Å². The summed E-state index contributed by atoms with van der Waals surface area (Å²) >= 11 is 0. The molecule has 1 heteroatoms. The van der Waals surface area contributed by atoms with Gasteiger partial charge in [0.25, 0.3) is 0 Å². The SMILES string of the molecule is CCCNCCCCCCc1cc(C)ccc1C. The van der Waals surface area contributed by atoms with Crippen molar-refractivity contribution in [2.75, 3.05) is 13.1 Å². The predicted octanol–water partition coefficient (Wildman–Crippen LogP) is 4.41. The fourth-order valence-electron chi connectivity index (χ4n) is 2.29. The average molecular weight is 247 g/mol. The summed E-state index contributed by atoms with van der Waals surface area (Å²) in [6, 6.07) is 6.80. The van der Waals surface area contributed by atoms with Gasteiger partial charge in [-0.05, 0) is 63.7 Å². The van der Waals surface area contributed by atoms with E-state index in [1.54, 1.807) is 5.56 Å². The number of hydrogen-bond donors (Lipinski definition) is 1. The topological polar surface area (TPSA) is 12.0 Å². The summed E-state index contributed by atoms with van der Waals surface area (Å²) in [4.78, 5) is 0. The van der Waals surface area contributed by atoms with Gasteiger partial charge in [0, 0.05) is 0 Å². The van der Waals surface area contributed by atoms with Crippen LogP contribution >= 0.6 is 0 Å². The molecule has 0 aromatic heterocycles. The zero-order valence-electron chi connectivity index (χ0n) is 12.4. The largest absolute Gasteiger partial charge is 0.317 e. The van der Waals surface area contributed by atoms with Crippen LogP contribution in [0.25, 0.3) is 0 Å². The molecule has 0 heterocycles. The summed E-state index contributed by atoms with van der Waals surface area (Å²) in [7, 11) is 0. The first-order valence-corrected chi connectivity index (χ1v) is 7.51. The predicted molar refractivity (Wildman–Crippen MR) is 81.2 cm³/mol. The zero-order chi connectivity index (χ0) is 13.2. The highest BCUT2D eigenvalue weighted by atomic mass is 14.8. The van der Waals surface area contributed by atoms with E-state index < -0.39 is 0 Å². The molecule has 0 fully saturated rings. The lowest BCUT2D eigenvalue weighted by Gasteiger charge is -2.07. The van der Waals surface area contributed by atoms with E-state index in [1.165, 1.54) is 62.7 Å². The van der Waals surface area contributed by atoms with Crippen molar-refractivity contribution in [1.82, 2.24) is 5.32 Å². The number of nitrogens with one attached hydrogen (secondary N) is 1. The normalized spacial score (nSPS) is 10.8. The minimum atomic E-state index is 1.17. The molecule has 0 unspecified atom stereocenters. The van der Waals surface area contributed by atoms with Gasteiger partial charge in [0.05, 0.1) is 0 Å². The molecule has 0 saturated carbocycles. The number of hydrogen-bond acceptors (Lipinski definition) is 1. The standard InChI is InChI=1S/C17H29N/c1-4-12-18-13-8-6-5-7-9-17-14-15(2)10-11-16(17)3/h10-11,14,18H,4-9,12-13H2,1-3H3. The summed E-state index contributed by atoms with van der Waals surface area (Å²) < 4.78 is 0. The second-order valence-corrected chi connectivity index (χ2v) is 5.34. The van der Waals surface area contributed by atoms with Gasteiger partial charge in [0.1, 0.15) is 0 Å². The van der Waals surface area contributed by atoms with Gasteiger partial charge in [0.15, 0.2) is 0 Å². The Hall–Kier alpha value is -0.820. The minimum absolute atomic E-state index is 1.17. The van der Waals surface area contributed by atoms with Crippen LogP contribution in [0.2, 0.25) is 0 Å². The highest BCUT2D eigenvalue weighted by Crippen LogP contribution is 2.14. The van der Waals surface area contributed by atoms with E-state index in [4.69, 9.17) is 0 Å². The van der Waals surface area contributed by atoms with Gasteiger partial charge in [0.2, 0.25) is 0 Å². The highest BCUT2D eigenvalue weighted by Gasteiger charge is 1.98. The molecule has 0 saturated heterocycles. The Morgan fingerprint density at radius 3 is 2.50 bits per heavy atom. The fourth-order valence-corrected chi connectivity index (χ4v) is 2.29. The van der Waals surface area contributed by atoms with Gasteiger partial charge in [-0.2, -0.15) is 0 Å². The second kappa shape index (κ2) is 9.16. The van der Waals surface area contributed by atoms with E-state index in [0.29, 0.717) is 0 Å². The van der Waals surface area contributed by atoms with Crippen molar-refractivity contribution in [1.29, 1.82) is 0 Å². The van der Waals surface area contributed by atoms with Crippen LogP contribution in [0.15, 0.2) is 18.2 Å². The van der Waals surface area contributed by atoms with Crippen LogP contribution in [-0.2, 0) is 6.42 Å². The smallest absolute Gasteiger partial charge is 0.00489 e. The summed E-state index contributed by atoms with van der Waals surface area (Å²) in [6.07, 6.45) is 7.87. The highest BCUT2D eigenvalue weighted by molar-refractivity contribution is 5.30. The Labute approximate surface area is 113 Å². The molecule has 1 rings (SSSR count). The molecule has 0 spiro atoms. The molecule has 0 radical (unpaired) electrons. The maximum Gasteiger partial charge on any atom is -0.00489 e. The first kappa shape index (κ1) is 15.2. The number of aryl methyl sites for hydroxylation is 3. The van der Waals surface area contributed by atoms with E-state index >= 15 is 0 Å². The Morgan fingerprint density at radius 2 is 1.72 bits per heavy atom.